The van der Waals surface area contributed by atoms with Gasteiger partial charge in [0.25, 0.3) is 5.56 Å². The van der Waals surface area contributed by atoms with E-state index in [-0.39, 0.29) is 6.61 Å². The van der Waals surface area contributed by atoms with Crippen LogP contribution in [0.5, 0.6) is 5.75 Å². The van der Waals surface area contributed by atoms with Crippen LogP contribution in [0.2, 0.25) is 0 Å². The lowest BCUT2D eigenvalue weighted by molar-refractivity contribution is 0.306. The van der Waals surface area contributed by atoms with E-state index in [2.05, 4.69) is 16.2 Å². The molecule has 0 atom stereocenters. The molecular formula is C27H18N4O3. The second-order valence-corrected chi connectivity index (χ2v) is 7.59. The van der Waals surface area contributed by atoms with Gasteiger partial charge in [0, 0.05) is 11.1 Å². The maximum Gasteiger partial charge on any atom is 0.349 e. The number of nitrogens with one attached hydrogen (secondary N) is 1. The molecule has 1 heterocycles. The number of fused-ring (bicyclic) bond motifs is 2. The Morgan fingerprint density at radius 3 is 2.50 bits per heavy atom. The van der Waals surface area contributed by atoms with E-state index >= 15 is 0 Å². The van der Waals surface area contributed by atoms with Crippen LogP contribution in [-0.2, 0) is 6.61 Å². The lowest BCUT2D eigenvalue weighted by Crippen LogP contribution is -2.32. The number of nitriles is 1. The molecule has 5 rings (SSSR count). The highest BCUT2D eigenvalue weighted by molar-refractivity contribution is 6.02. The summed E-state index contributed by atoms with van der Waals surface area (Å²) in [6, 6.07) is 27.6. The van der Waals surface area contributed by atoms with Gasteiger partial charge in [0.1, 0.15) is 12.4 Å². The molecule has 0 amide bonds. The van der Waals surface area contributed by atoms with Gasteiger partial charge >= 0.3 is 5.69 Å². The summed E-state index contributed by atoms with van der Waals surface area (Å²) in [5.41, 5.74) is 1.21. The predicted molar refractivity (Wildman–Crippen MR) is 131 cm³/mol. The molecule has 1 aromatic heterocycles. The zero-order valence-electron chi connectivity index (χ0n) is 17.9. The average Bonchev–Trinajstić information content (AvgIpc) is 2.87. The summed E-state index contributed by atoms with van der Waals surface area (Å²) in [6.07, 6.45) is 1.46. The van der Waals surface area contributed by atoms with Crippen molar-refractivity contribution in [2.75, 3.05) is 0 Å². The zero-order chi connectivity index (χ0) is 23.5. The van der Waals surface area contributed by atoms with E-state index < -0.39 is 11.2 Å². The van der Waals surface area contributed by atoms with Crippen molar-refractivity contribution in [1.29, 1.82) is 5.26 Å². The first kappa shape index (κ1) is 20.9. The molecule has 0 saturated carbocycles. The van der Waals surface area contributed by atoms with Crippen LogP contribution in [0.4, 0.5) is 0 Å². The van der Waals surface area contributed by atoms with E-state index in [1.54, 1.807) is 36.4 Å². The number of para-hydroxylation sites is 1. The fourth-order valence-electron chi connectivity index (χ4n) is 3.82. The average molecular weight is 446 g/mol. The van der Waals surface area contributed by atoms with Crippen molar-refractivity contribution in [3.05, 3.63) is 122 Å². The van der Waals surface area contributed by atoms with E-state index in [1.807, 2.05) is 48.5 Å². The van der Waals surface area contributed by atoms with Crippen LogP contribution < -0.4 is 16.0 Å². The smallest absolute Gasteiger partial charge is 0.349 e. The van der Waals surface area contributed by atoms with E-state index in [1.165, 1.54) is 6.21 Å². The number of hydrogen-bond acceptors (Lipinski definition) is 5. The fraction of sp³-hybridized carbons (Fsp3) is 0.0370. The van der Waals surface area contributed by atoms with Crippen molar-refractivity contribution in [1.82, 2.24) is 9.66 Å². The molecule has 0 fully saturated rings. The lowest BCUT2D eigenvalue weighted by Gasteiger charge is -2.12. The number of ether oxygens (including phenoxy) is 1. The van der Waals surface area contributed by atoms with Gasteiger partial charge in [-0.25, -0.2) is 4.79 Å². The first-order valence-electron chi connectivity index (χ1n) is 10.6. The zero-order valence-corrected chi connectivity index (χ0v) is 17.9. The van der Waals surface area contributed by atoms with Crippen LogP contribution in [0, 0.1) is 11.3 Å². The van der Waals surface area contributed by atoms with Crippen LogP contribution in [0.3, 0.4) is 0 Å². The Kier molecular flexibility index (Phi) is 5.46. The van der Waals surface area contributed by atoms with E-state index in [0.717, 1.165) is 21.0 Å². The van der Waals surface area contributed by atoms with Gasteiger partial charge in [-0.1, -0.05) is 60.7 Å². The molecule has 0 aliphatic rings. The third-order valence-electron chi connectivity index (χ3n) is 5.54. The van der Waals surface area contributed by atoms with Crippen LogP contribution in [0.1, 0.15) is 16.7 Å². The maximum atomic E-state index is 12.9. The number of H-pyrrole nitrogens is 1. The molecule has 0 aliphatic carbocycles. The largest absolute Gasteiger partial charge is 0.488 e. The van der Waals surface area contributed by atoms with Crippen molar-refractivity contribution < 1.29 is 4.74 Å². The second kappa shape index (κ2) is 8.88. The van der Waals surface area contributed by atoms with Crippen molar-refractivity contribution in [2.24, 2.45) is 5.10 Å². The Labute approximate surface area is 193 Å². The van der Waals surface area contributed by atoms with Crippen LogP contribution in [-0.4, -0.2) is 15.9 Å². The Balaban J connectivity index is 1.60. The SMILES string of the molecule is N#Cc1ccccc1COc1ccc2ccccc2c1/C=N/n1c(=O)[nH]c2ccccc2c1=O. The Morgan fingerprint density at radius 2 is 1.65 bits per heavy atom. The standard InChI is InChI=1S/C27H18N4O3/c28-15-19-8-1-2-9-20(19)17-34-25-14-13-18-7-3-4-10-21(18)23(25)16-29-31-26(32)22-11-5-6-12-24(22)30-27(31)33/h1-14,16H,17H2,(H,30,33)/b29-16+. The molecule has 34 heavy (non-hydrogen) atoms. The van der Waals surface area contributed by atoms with E-state index in [9.17, 15) is 14.9 Å². The number of benzene rings is 4. The Bertz CT molecular complexity index is 1720. The molecule has 0 bridgehead atoms. The molecular weight excluding hydrogens is 428 g/mol. The highest BCUT2D eigenvalue weighted by atomic mass is 16.5. The minimum atomic E-state index is -0.634. The molecule has 7 nitrogen and oxygen atoms in total. The summed E-state index contributed by atoms with van der Waals surface area (Å²) in [4.78, 5) is 28.1. The van der Waals surface area contributed by atoms with Gasteiger partial charge in [-0.2, -0.15) is 10.4 Å². The summed E-state index contributed by atoms with van der Waals surface area (Å²) in [5.74, 6) is 0.514. The molecule has 0 saturated heterocycles. The summed E-state index contributed by atoms with van der Waals surface area (Å²) in [6.45, 7) is 0.180. The molecule has 0 radical (unpaired) electrons. The molecule has 0 spiro atoms. The number of nitrogens with zero attached hydrogens (tertiary/aromatic N) is 3. The fourth-order valence-corrected chi connectivity index (χ4v) is 3.82. The van der Waals surface area contributed by atoms with Gasteiger partial charge in [0.2, 0.25) is 0 Å². The first-order valence-corrected chi connectivity index (χ1v) is 10.6. The highest BCUT2D eigenvalue weighted by Crippen LogP contribution is 2.27. The molecule has 0 unspecified atom stereocenters. The summed E-state index contributed by atoms with van der Waals surface area (Å²) in [7, 11) is 0. The maximum absolute atomic E-state index is 12.9. The van der Waals surface area contributed by atoms with Gasteiger partial charge in [-0.15, -0.1) is 4.68 Å². The second-order valence-electron chi connectivity index (χ2n) is 7.59. The molecule has 4 aromatic carbocycles. The summed E-state index contributed by atoms with van der Waals surface area (Å²) < 4.78 is 6.88. The van der Waals surface area contributed by atoms with Crippen molar-refractivity contribution in [2.45, 2.75) is 6.61 Å². The minimum absolute atomic E-state index is 0.180. The molecule has 164 valence electrons. The number of rotatable bonds is 5. The highest BCUT2D eigenvalue weighted by Gasteiger charge is 2.11. The van der Waals surface area contributed by atoms with Gasteiger partial charge in [-0.05, 0) is 35.0 Å². The molecule has 1 N–H and O–H groups in total. The quantitative estimate of drug-likeness (QED) is 0.410. The van der Waals surface area contributed by atoms with Crippen molar-refractivity contribution in [3.63, 3.8) is 0 Å². The molecule has 0 aliphatic heterocycles. The monoisotopic (exact) mass is 446 g/mol. The normalized spacial score (nSPS) is 11.1. The predicted octanol–water partition coefficient (Wildman–Crippen LogP) is 4.18. The molecule has 5 aromatic rings. The molecule has 7 heteroatoms. The minimum Gasteiger partial charge on any atom is -0.488 e. The Morgan fingerprint density at radius 1 is 0.912 bits per heavy atom. The van der Waals surface area contributed by atoms with Gasteiger partial charge in [-0.3, -0.25) is 4.79 Å². The van der Waals surface area contributed by atoms with E-state index in [0.29, 0.717) is 27.8 Å². The number of aromatic nitrogens is 2. The van der Waals surface area contributed by atoms with Gasteiger partial charge in [0.05, 0.1) is 28.8 Å². The Hall–Kier alpha value is -4.96. The van der Waals surface area contributed by atoms with Gasteiger partial charge < -0.3 is 9.72 Å². The topological polar surface area (TPSA) is 100 Å². The summed E-state index contributed by atoms with van der Waals surface area (Å²) in [5, 5.41) is 15.8. The van der Waals surface area contributed by atoms with Crippen LogP contribution in [0.15, 0.2) is 99.6 Å². The third-order valence-corrected chi connectivity index (χ3v) is 5.54. The van der Waals surface area contributed by atoms with Crippen LogP contribution in [0.25, 0.3) is 21.7 Å². The number of hydrogen-bond donors (Lipinski definition) is 1. The summed E-state index contributed by atoms with van der Waals surface area (Å²) >= 11 is 0. The van der Waals surface area contributed by atoms with Crippen molar-refractivity contribution >= 4 is 27.9 Å². The van der Waals surface area contributed by atoms with Crippen LogP contribution >= 0.6 is 0 Å². The third kappa shape index (κ3) is 3.85. The first-order chi connectivity index (χ1) is 16.7. The van der Waals surface area contributed by atoms with Gasteiger partial charge in [0.15, 0.2) is 0 Å². The lowest BCUT2D eigenvalue weighted by atomic mass is 10.0. The van der Waals surface area contributed by atoms with Crippen molar-refractivity contribution in [3.8, 4) is 11.8 Å². The van der Waals surface area contributed by atoms with E-state index in [4.69, 9.17) is 4.74 Å². The number of aromatic amines is 1.